The molecule has 4 nitrogen and oxygen atoms in total. The van der Waals surface area contributed by atoms with E-state index in [0.29, 0.717) is 18.9 Å². The minimum absolute atomic E-state index is 0.349. The summed E-state index contributed by atoms with van der Waals surface area (Å²) in [6.45, 7) is 4.55. The van der Waals surface area contributed by atoms with Crippen LogP contribution in [-0.2, 0) is 4.79 Å². The van der Waals surface area contributed by atoms with Gasteiger partial charge in [0.05, 0.1) is 7.11 Å². The molecule has 0 spiro atoms. The van der Waals surface area contributed by atoms with Gasteiger partial charge in [0.15, 0.2) is 0 Å². The van der Waals surface area contributed by atoms with Gasteiger partial charge in [-0.1, -0.05) is 44.2 Å². The molecule has 0 bridgehead atoms. The summed E-state index contributed by atoms with van der Waals surface area (Å²) >= 11 is 0. The lowest BCUT2D eigenvalue weighted by atomic mass is 10.0. The van der Waals surface area contributed by atoms with Gasteiger partial charge >= 0.3 is 5.97 Å². The highest BCUT2D eigenvalue weighted by atomic mass is 16.5. The van der Waals surface area contributed by atoms with Crippen molar-refractivity contribution in [2.75, 3.05) is 13.7 Å². The molecule has 4 heteroatoms. The molecule has 0 saturated heterocycles. The number of para-hydroxylation sites is 1. The zero-order chi connectivity index (χ0) is 15.0. The molecule has 0 fully saturated rings. The van der Waals surface area contributed by atoms with Crippen LogP contribution in [0.2, 0.25) is 0 Å². The summed E-state index contributed by atoms with van der Waals surface area (Å²) in [5, 5.41) is 12.1. The van der Waals surface area contributed by atoms with Crippen molar-refractivity contribution in [2.45, 2.75) is 26.3 Å². The van der Waals surface area contributed by atoms with Crippen LogP contribution in [-0.4, -0.2) is 30.8 Å². The SMILES string of the molecule is COc1ccccc1/C=C/CN[C@H](CC(C)C)C(=O)O. The molecule has 0 saturated carbocycles. The average Bonchev–Trinajstić information content (AvgIpc) is 2.42. The quantitative estimate of drug-likeness (QED) is 0.767. The molecule has 0 aromatic heterocycles. The molecule has 0 heterocycles. The van der Waals surface area contributed by atoms with Gasteiger partial charge in [-0.2, -0.15) is 0 Å². The number of carboxylic acid groups (broad SMARTS) is 1. The lowest BCUT2D eigenvalue weighted by Crippen LogP contribution is -2.37. The third-order valence-electron chi connectivity index (χ3n) is 2.92. The molecule has 0 aliphatic heterocycles. The monoisotopic (exact) mass is 277 g/mol. The highest BCUT2D eigenvalue weighted by Crippen LogP contribution is 2.18. The van der Waals surface area contributed by atoms with Crippen molar-refractivity contribution in [3.8, 4) is 5.75 Å². The lowest BCUT2D eigenvalue weighted by Gasteiger charge is -2.15. The minimum atomic E-state index is -0.801. The maximum Gasteiger partial charge on any atom is 0.320 e. The molecule has 0 unspecified atom stereocenters. The Hall–Kier alpha value is -1.81. The summed E-state index contributed by atoms with van der Waals surface area (Å²) in [6, 6.07) is 7.20. The number of methoxy groups -OCH3 is 1. The fourth-order valence-corrected chi connectivity index (χ4v) is 1.94. The number of hydrogen-bond donors (Lipinski definition) is 2. The van der Waals surface area contributed by atoms with Gasteiger partial charge < -0.3 is 15.2 Å². The maximum absolute atomic E-state index is 11.1. The van der Waals surface area contributed by atoms with Crippen LogP contribution in [0.15, 0.2) is 30.3 Å². The van der Waals surface area contributed by atoms with Crippen molar-refractivity contribution >= 4 is 12.0 Å². The molecule has 0 amide bonds. The van der Waals surface area contributed by atoms with E-state index < -0.39 is 12.0 Å². The van der Waals surface area contributed by atoms with E-state index in [2.05, 4.69) is 5.32 Å². The van der Waals surface area contributed by atoms with Gasteiger partial charge in [0, 0.05) is 12.1 Å². The lowest BCUT2D eigenvalue weighted by molar-refractivity contribution is -0.139. The predicted molar refractivity (Wildman–Crippen MR) is 80.9 cm³/mol. The minimum Gasteiger partial charge on any atom is -0.496 e. The van der Waals surface area contributed by atoms with E-state index in [1.807, 2.05) is 50.3 Å². The Morgan fingerprint density at radius 1 is 1.40 bits per heavy atom. The number of ether oxygens (including phenoxy) is 1. The van der Waals surface area contributed by atoms with E-state index in [1.54, 1.807) is 7.11 Å². The molecule has 2 N–H and O–H groups in total. The van der Waals surface area contributed by atoms with Crippen LogP contribution in [0.25, 0.3) is 6.08 Å². The van der Waals surface area contributed by atoms with E-state index in [9.17, 15) is 4.79 Å². The first-order chi connectivity index (χ1) is 9.54. The smallest absolute Gasteiger partial charge is 0.320 e. The summed E-state index contributed by atoms with van der Waals surface area (Å²) in [5.74, 6) is 0.354. The van der Waals surface area contributed by atoms with E-state index >= 15 is 0 Å². The Labute approximate surface area is 120 Å². The molecule has 1 aromatic rings. The summed E-state index contributed by atoms with van der Waals surface area (Å²) < 4.78 is 5.25. The number of hydrogen-bond acceptors (Lipinski definition) is 3. The Kier molecular flexibility index (Phi) is 6.81. The first-order valence-corrected chi connectivity index (χ1v) is 6.80. The third-order valence-corrected chi connectivity index (χ3v) is 2.92. The van der Waals surface area contributed by atoms with Crippen LogP contribution in [0, 0.1) is 5.92 Å². The van der Waals surface area contributed by atoms with E-state index in [-0.39, 0.29) is 0 Å². The van der Waals surface area contributed by atoms with Crippen molar-refractivity contribution in [1.29, 1.82) is 0 Å². The zero-order valence-corrected chi connectivity index (χ0v) is 12.3. The molecule has 0 aliphatic rings. The summed E-state index contributed by atoms with van der Waals surface area (Å²) in [6.07, 6.45) is 4.46. The van der Waals surface area contributed by atoms with Gasteiger partial charge in [-0.3, -0.25) is 4.79 Å². The molecular formula is C16H23NO3. The Morgan fingerprint density at radius 2 is 2.10 bits per heavy atom. The summed E-state index contributed by atoms with van der Waals surface area (Å²) in [4.78, 5) is 11.1. The molecule has 1 aromatic carbocycles. The van der Waals surface area contributed by atoms with Gasteiger partial charge in [0.1, 0.15) is 11.8 Å². The fraction of sp³-hybridized carbons (Fsp3) is 0.438. The van der Waals surface area contributed by atoms with E-state index in [1.165, 1.54) is 0 Å². The zero-order valence-electron chi connectivity index (χ0n) is 12.3. The van der Waals surface area contributed by atoms with Crippen LogP contribution >= 0.6 is 0 Å². The van der Waals surface area contributed by atoms with Crippen molar-refractivity contribution < 1.29 is 14.6 Å². The van der Waals surface area contributed by atoms with Crippen molar-refractivity contribution in [1.82, 2.24) is 5.32 Å². The predicted octanol–water partition coefficient (Wildman–Crippen LogP) is 2.80. The van der Waals surface area contributed by atoms with Crippen molar-refractivity contribution in [2.24, 2.45) is 5.92 Å². The van der Waals surface area contributed by atoms with Gasteiger partial charge in [-0.15, -0.1) is 0 Å². The molecule has 1 rings (SSSR count). The highest BCUT2D eigenvalue weighted by molar-refractivity contribution is 5.73. The molecule has 1 atom stereocenters. The molecule has 20 heavy (non-hydrogen) atoms. The number of carboxylic acids is 1. The number of benzene rings is 1. The van der Waals surface area contributed by atoms with E-state index in [4.69, 9.17) is 9.84 Å². The second-order valence-corrected chi connectivity index (χ2v) is 5.07. The highest BCUT2D eigenvalue weighted by Gasteiger charge is 2.16. The molecule has 0 radical (unpaired) electrons. The van der Waals surface area contributed by atoms with Crippen molar-refractivity contribution in [3.05, 3.63) is 35.9 Å². The third kappa shape index (κ3) is 5.45. The van der Waals surface area contributed by atoms with Gasteiger partial charge in [0.25, 0.3) is 0 Å². The van der Waals surface area contributed by atoms with Crippen LogP contribution in [0.4, 0.5) is 0 Å². The Balaban J connectivity index is 2.53. The normalized spacial score (nSPS) is 12.8. The van der Waals surface area contributed by atoms with Crippen molar-refractivity contribution in [3.63, 3.8) is 0 Å². The van der Waals surface area contributed by atoms with Gasteiger partial charge in [-0.05, 0) is 18.4 Å². The standard InChI is InChI=1S/C16H23NO3/c1-12(2)11-14(16(18)19)17-10-6-8-13-7-4-5-9-15(13)20-3/h4-9,12,14,17H,10-11H2,1-3H3,(H,18,19)/b8-6+/t14-/m1/s1. The first kappa shape index (κ1) is 16.2. The van der Waals surface area contributed by atoms with Gasteiger partial charge in [0.2, 0.25) is 0 Å². The Morgan fingerprint density at radius 3 is 2.70 bits per heavy atom. The van der Waals surface area contributed by atoms with Gasteiger partial charge in [-0.25, -0.2) is 0 Å². The molecule has 0 aliphatic carbocycles. The first-order valence-electron chi connectivity index (χ1n) is 6.80. The second-order valence-electron chi connectivity index (χ2n) is 5.07. The molecule has 110 valence electrons. The number of rotatable bonds is 8. The Bertz CT molecular complexity index is 455. The summed E-state index contributed by atoms with van der Waals surface area (Å²) in [5.41, 5.74) is 0.979. The largest absolute Gasteiger partial charge is 0.496 e. The fourth-order valence-electron chi connectivity index (χ4n) is 1.94. The maximum atomic E-state index is 11.1. The van der Waals surface area contributed by atoms with Crippen LogP contribution in [0.5, 0.6) is 5.75 Å². The molecular weight excluding hydrogens is 254 g/mol. The summed E-state index contributed by atoms with van der Waals surface area (Å²) in [7, 11) is 1.63. The topological polar surface area (TPSA) is 58.6 Å². The van der Waals surface area contributed by atoms with E-state index in [0.717, 1.165) is 11.3 Å². The second kappa shape index (κ2) is 8.38. The number of aliphatic carboxylic acids is 1. The van der Waals surface area contributed by atoms with Crippen LogP contribution < -0.4 is 10.1 Å². The van der Waals surface area contributed by atoms with Crippen LogP contribution in [0.1, 0.15) is 25.8 Å². The van der Waals surface area contributed by atoms with Crippen LogP contribution in [0.3, 0.4) is 0 Å². The number of carbonyl (C=O) groups is 1. The average molecular weight is 277 g/mol. The number of nitrogens with one attached hydrogen (secondary N) is 1.